The summed E-state index contributed by atoms with van der Waals surface area (Å²) in [6.07, 6.45) is 8.96. The van der Waals surface area contributed by atoms with Gasteiger partial charge in [0.2, 0.25) is 0 Å². The number of hydrogen-bond acceptors (Lipinski definition) is 1. The molecule has 0 aromatic rings. The molecular formula is C11H21N. The zero-order valence-corrected chi connectivity index (χ0v) is 8.18. The number of hydrogen-bond donors (Lipinski definition) is 1. The minimum absolute atomic E-state index is 0.875. The highest BCUT2D eigenvalue weighted by Crippen LogP contribution is 2.39. The smallest absolute Gasteiger partial charge is 0.00978 e. The van der Waals surface area contributed by atoms with Gasteiger partial charge in [0.1, 0.15) is 0 Å². The molecule has 0 aromatic carbocycles. The molecule has 1 atom stereocenters. The third kappa shape index (κ3) is 2.01. The third-order valence-corrected chi connectivity index (χ3v) is 3.47. The molecule has 0 aliphatic heterocycles. The monoisotopic (exact) mass is 167 g/mol. The second kappa shape index (κ2) is 3.78. The van der Waals surface area contributed by atoms with Gasteiger partial charge in [-0.25, -0.2) is 0 Å². The highest BCUT2D eigenvalue weighted by atomic mass is 14.9. The van der Waals surface area contributed by atoms with Crippen molar-refractivity contribution >= 4 is 0 Å². The van der Waals surface area contributed by atoms with Crippen molar-refractivity contribution in [2.24, 2.45) is 11.8 Å². The average Bonchev–Trinajstić information content (AvgIpc) is 2.76. The molecule has 70 valence electrons. The van der Waals surface area contributed by atoms with E-state index in [-0.39, 0.29) is 0 Å². The molecule has 12 heavy (non-hydrogen) atoms. The molecule has 0 bridgehead atoms. The van der Waals surface area contributed by atoms with E-state index in [9.17, 15) is 0 Å². The Labute approximate surface area is 75.9 Å². The maximum Gasteiger partial charge on any atom is 0.00978 e. The van der Waals surface area contributed by atoms with Crippen LogP contribution >= 0.6 is 0 Å². The summed E-state index contributed by atoms with van der Waals surface area (Å²) in [5.74, 6) is 2.13. The van der Waals surface area contributed by atoms with Crippen LogP contribution in [-0.4, -0.2) is 12.6 Å². The van der Waals surface area contributed by atoms with Gasteiger partial charge in [0.15, 0.2) is 0 Å². The van der Waals surface area contributed by atoms with Crippen LogP contribution in [0.25, 0.3) is 0 Å². The van der Waals surface area contributed by atoms with Crippen LogP contribution in [0.1, 0.15) is 45.4 Å². The highest BCUT2D eigenvalue weighted by molar-refractivity contribution is 4.88. The van der Waals surface area contributed by atoms with Gasteiger partial charge in [-0.05, 0) is 37.6 Å². The molecule has 2 fully saturated rings. The van der Waals surface area contributed by atoms with Crippen LogP contribution in [0.15, 0.2) is 0 Å². The van der Waals surface area contributed by atoms with Gasteiger partial charge in [-0.3, -0.25) is 0 Å². The third-order valence-electron chi connectivity index (χ3n) is 3.47. The second-order valence-corrected chi connectivity index (χ2v) is 4.53. The molecule has 0 radical (unpaired) electrons. The van der Waals surface area contributed by atoms with E-state index in [1.807, 2.05) is 0 Å². The fourth-order valence-corrected chi connectivity index (χ4v) is 2.29. The molecule has 0 saturated heterocycles. The molecule has 0 amide bonds. The highest BCUT2D eigenvalue weighted by Gasteiger charge is 2.33. The van der Waals surface area contributed by atoms with E-state index < -0.39 is 0 Å². The Kier molecular flexibility index (Phi) is 2.69. The summed E-state index contributed by atoms with van der Waals surface area (Å²) < 4.78 is 0. The first-order valence-electron chi connectivity index (χ1n) is 5.63. The van der Waals surface area contributed by atoms with Gasteiger partial charge < -0.3 is 5.32 Å². The van der Waals surface area contributed by atoms with E-state index in [2.05, 4.69) is 12.2 Å². The van der Waals surface area contributed by atoms with Crippen molar-refractivity contribution in [3.8, 4) is 0 Å². The largest absolute Gasteiger partial charge is 0.314 e. The van der Waals surface area contributed by atoms with Crippen LogP contribution in [0, 0.1) is 11.8 Å². The van der Waals surface area contributed by atoms with Crippen molar-refractivity contribution in [3.05, 3.63) is 0 Å². The zero-order chi connectivity index (χ0) is 8.39. The van der Waals surface area contributed by atoms with E-state index in [1.165, 1.54) is 38.5 Å². The first kappa shape index (κ1) is 8.55. The van der Waals surface area contributed by atoms with Gasteiger partial charge in [0, 0.05) is 6.04 Å². The Morgan fingerprint density at radius 3 is 2.42 bits per heavy atom. The molecule has 1 heteroatoms. The molecule has 2 aliphatic carbocycles. The van der Waals surface area contributed by atoms with Crippen molar-refractivity contribution in [2.75, 3.05) is 6.54 Å². The summed E-state index contributed by atoms with van der Waals surface area (Å²) >= 11 is 0. The minimum Gasteiger partial charge on any atom is -0.314 e. The molecule has 0 heterocycles. The Balaban J connectivity index is 1.71. The fraction of sp³-hybridized carbons (Fsp3) is 1.00. The summed E-state index contributed by atoms with van der Waals surface area (Å²) in [5.41, 5.74) is 0. The van der Waals surface area contributed by atoms with E-state index in [1.54, 1.807) is 0 Å². The molecule has 2 aliphatic rings. The number of nitrogens with one attached hydrogen (secondary N) is 1. The fourth-order valence-electron chi connectivity index (χ4n) is 2.29. The van der Waals surface area contributed by atoms with Gasteiger partial charge >= 0.3 is 0 Å². The Morgan fingerprint density at radius 1 is 1.25 bits per heavy atom. The molecule has 2 rings (SSSR count). The van der Waals surface area contributed by atoms with E-state index in [0.29, 0.717) is 0 Å². The van der Waals surface area contributed by atoms with Gasteiger partial charge in [-0.2, -0.15) is 0 Å². The lowest BCUT2D eigenvalue weighted by molar-refractivity contribution is 0.250. The predicted molar refractivity (Wildman–Crippen MR) is 52.1 cm³/mol. The summed E-state index contributed by atoms with van der Waals surface area (Å²) in [6.45, 7) is 3.39. The van der Waals surface area contributed by atoms with Crippen molar-refractivity contribution in [1.29, 1.82) is 0 Å². The van der Waals surface area contributed by atoms with Gasteiger partial charge in [0.05, 0.1) is 0 Å². The van der Waals surface area contributed by atoms with Gasteiger partial charge in [-0.1, -0.05) is 26.2 Å². The van der Waals surface area contributed by atoms with E-state index in [4.69, 9.17) is 0 Å². The van der Waals surface area contributed by atoms with E-state index >= 15 is 0 Å². The standard InChI is InChI=1S/C11H21N/c1-2-12-11(10-6-7-10)8-9-4-3-5-9/h9-12H,2-8H2,1H3. The number of rotatable bonds is 5. The molecule has 1 N–H and O–H groups in total. The topological polar surface area (TPSA) is 12.0 Å². The van der Waals surface area contributed by atoms with Gasteiger partial charge in [0.25, 0.3) is 0 Å². The average molecular weight is 167 g/mol. The second-order valence-electron chi connectivity index (χ2n) is 4.53. The molecule has 1 nitrogen and oxygen atoms in total. The lowest BCUT2D eigenvalue weighted by atomic mass is 9.80. The van der Waals surface area contributed by atoms with Crippen LogP contribution in [0.2, 0.25) is 0 Å². The van der Waals surface area contributed by atoms with E-state index in [0.717, 1.165) is 24.4 Å². The van der Waals surface area contributed by atoms with Crippen LogP contribution in [-0.2, 0) is 0 Å². The zero-order valence-electron chi connectivity index (χ0n) is 8.18. The van der Waals surface area contributed by atoms with Crippen molar-refractivity contribution in [2.45, 2.75) is 51.5 Å². The lowest BCUT2D eigenvalue weighted by Gasteiger charge is -2.30. The van der Waals surface area contributed by atoms with Crippen molar-refractivity contribution < 1.29 is 0 Å². The SMILES string of the molecule is CCNC(CC1CCC1)C1CC1. The molecule has 0 spiro atoms. The van der Waals surface area contributed by atoms with Crippen LogP contribution in [0.5, 0.6) is 0 Å². The predicted octanol–water partition coefficient (Wildman–Crippen LogP) is 2.56. The first-order chi connectivity index (χ1) is 5.90. The normalized spacial score (nSPS) is 26.8. The maximum absolute atomic E-state index is 3.64. The van der Waals surface area contributed by atoms with Crippen molar-refractivity contribution in [1.82, 2.24) is 5.32 Å². The van der Waals surface area contributed by atoms with Gasteiger partial charge in [-0.15, -0.1) is 0 Å². The summed E-state index contributed by atoms with van der Waals surface area (Å²) in [4.78, 5) is 0. The molecule has 0 aromatic heterocycles. The lowest BCUT2D eigenvalue weighted by Crippen LogP contribution is -2.34. The Morgan fingerprint density at radius 2 is 2.00 bits per heavy atom. The molecular weight excluding hydrogens is 146 g/mol. The van der Waals surface area contributed by atoms with Crippen LogP contribution in [0.3, 0.4) is 0 Å². The molecule has 1 unspecified atom stereocenters. The first-order valence-corrected chi connectivity index (χ1v) is 5.63. The Hall–Kier alpha value is -0.0400. The summed E-state index contributed by atoms with van der Waals surface area (Å²) in [7, 11) is 0. The van der Waals surface area contributed by atoms with Crippen molar-refractivity contribution in [3.63, 3.8) is 0 Å². The molecule has 2 saturated carbocycles. The van der Waals surface area contributed by atoms with Crippen LogP contribution < -0.4 is 5.32 Å². The summed E-state index contributed by atoms with van der Waals surface area (Å²) in [5, 5.41) is 3.64. The minimum atomic E-state index is 0.875. The quantitative estimate of drug-likeness (QED) is 0.663. The summed E-state index contributed by atoms with van der Waals surface area (Å²) in [6, 6.07) is 0.875. The maximum atomic E-state index is 3.64. The Bertz CT molecular complexity index is 136. The van der Waals surface area contributed by atoms with Crippen LogP contribution in [0.4, 0.5) is 0 Å².